The van der Waals surface area contributed by atoms with Crippen LogP contribution in [0.5, 0.6) is 0 Å². The standard InChI is InChI=1S/C18H28N2O4/c1-6-13-10-15(18(22)23-4)11-14(7-2)16(13)12-17(21)19-8-9-20(3)24-5/h10-11H,6-9,12H2,1-5H3,(H,19,21). The normalized spacial score (nSPS) is 10.8. The number of rotatable bonds is 9. The second-order valence-electron chi connectivity index (χ2n) is 5.53. The first-order valence-corrected chi connectivity index (χ1v) is 8.21. The van der Waals surface area contributed by atoms with Crippen molar-refractivity contribution in [2.45, 2.75) is 33.1 Å². The van der Waals surface area contributed by atoms with Crippen molar-refractivity contribution in [3.05, 3.63) is 34.4 Å². The first-order chi connectivity index (χ1) is 11.5. The lowest BCUT2D eigenvalue weighted by atomic mass is 9.92. The number of carbonyl (C=O) groups is 2. The number of hydroxylamine groups is 2. The number of nitrogens with one attached hydrogen (secondary N) is 1. The van der Waals surface area contributed by atoms with Crippen molar-refractivity contribution in [1.82, 2.24) is 10.4 Å². The van der Waals surface area contributed by atoms with Crippen LogP contribution in [-0.4, -0.2) is 51.3 Å². The van der Waals surface area contributed by atoms with Gasteiger partial charge in [0.1, 0.15) is 0 Å². The average Bonchev–Trinajstić information content (AvgIpc) is 2.60. The predicted molar refractivity (Wildman–Crippen MR) is 92.9 cm³/mol. The van der Waals surface area contributed by atoms with Gasteiger partial charge in [-0.15, -0.1) is 0 Å². The zero-order valence-electron chi connectivity index (χ0n) is 15.3. The highest BCUT2D eigenvalue weighted by Gasteiger charge is 2.16. The number of benzene rings is 1. The number of carbonyl (C=O) groups excluding carboxylic acids is 2. The Morgan fingerprint density at radius 2 is 1.71 bits per heavy atom. The number of methoxy groups -OCH3 is 1. The molecule has 0 atom stereocenters. The van der Waals surface area contributed by atoms with Crippen LogP contribution in [0.2, 0.25) is 0 Å². The van der Waals surface area contributed by atoms with E-state index in [4.69, 9.17) is 9.57 Å². The number of hydrogen-bond acceptors (Lipinski definition) is 5. The van der Waals surface area contributed by atoms with Gasteiger partial charge in [0.05, 0.1) is 26.2 Å². The number of aryl methyl sites for hydroxylation is 2. The maximum atomic E-state index is 12.2. The molecule has 0 spiro atoms. The van der Waals surface area contributed by atoms with E-state index in [2.05, 4.69) is 5.32 Å². The molecule has 0 radical (unpaired) electrons. The molecule has 0 saturated heterocycles. The molecule has 0 heterocycles. The fourth-order valence-electron chi connectivity index (χ4n) is 2.56. The van der Waals surface area contributed by atoms with E-state index in [-0.39, 0.29) is 11.9 Å². The van der Waals surface area contributed by atoms with Gasteiger partial charge in [0.15, 0.2) is 0 Å². The van der Waals surface area contributed by atoms with Crippen molar-refractivity contribution in [2.75, 3.05) is 34.4 Å². The summed E-state index contributed by atoms with van der Waals surface area (Å²) in [7, 11) is 4.77. The van der Waals surface area contributed by atoms with Crippen LogP contribution < -0.4 is 5.32 Å². The topological polar surface area (TPSA) is 67.9 Å². The summed E-state index contributed by atoms with van der Waals surface area (Å²) in [4.78, 5) is 29.0. The Bertz CT molecular complexity index is 547. The zero-order valence-corrected chi connectivity index (χ0v) is 15.3. The highest BCUT2D eigenvalue weighted by atomic mass is 16.7. The van der Waals surface area contributed by atoms with Crippen LogP contribution >= 0.6 is 0 Å². The lowest BCUT2D eigenvalue weighted by Gasteiger charge is -2.16. The summed E-state index contributed by atoms with van der Waals surface area (Å²) in [5, 5.41) is 4.55. The highest BCUT2D eigenvalue weighted by Crippen LogP contribution is 2.21. The van der Waals surface area contributed by atoms with E-state index in [0.29, 0.717) is 25.1 Å². The Labute approximate surface area is 144 Å². The van der Waals surface area contributed by atoms with Crippen molar-refractivity contribution in [1.29, 1.82) is 0 Å². The molecular formula is C18H28N2O4. The van der Waals surface area contributed by atoms with Crippen molar-refractivity contribution >= 4 is 11.9 Å². The number of nitrogens with zero attached hydrogens (tertiary/aromatic N) is 1. The number of esters is 1. The molecule has 0 saturated carbocycles. The molecule has 1 N–H and O–H groups in total. The van der Waals surface area contributed by atoms with E-state index in [0.717, 1.165) is 29.5 Å². The van der Waals surface area contributed by atoms with E-state index in [9.17, 15) is 9.59 Å². The van der Waals surface area contributed by atoms with Gasteiger partial charge in [-0.25, -0.2) is 4.79 Å². The maximum absolute atomic E-state index is 12.2. The summed E-state index contributed by atoms with van der Waals surface area (Å²) < 4.78 is 4.81. The fraction of sp³-hybridized carbons (Fsp3) is 0.556. The quantitative estimate of drug-likeness (QED) is 0.550. The van der Waals surface area contributed by atoms with Gasteiger partial charge in [0, 0.05) is 20.1 Å². The summed E-state index contributed by atoms with van der Waals surface area (Å²) in [6, 6.07) is 3.65. The summed E-state index contributed by atoms with van der Waals surface area (Å²) in [6.07, 6.45) is 1.82. The first kappa shape index (κ1) is 20.1. The van der Waals surface area contributed by atoms with Crippen LogP contribution in [0.3, 0.4) is 0 Å². The van der Waals surface area contributed by atoms with Gasteiger partial charge in [0.25, 0.3) is 0 Å². The lowest BCUT2D eigenvalue weighted by Crippen LogP contribution is -2.33. The van der Waals surface area contributed by atoms with Crippen LogP contribution in [0.4, 0.5) is 0 Å². The Hall–Kier alpha value is -1.92. The second kappa shape index (κ2) is 10.1. The zero-order chi connectivity index (χ0) is 18.1. The van der Waals surface area contributed by atoms with Crippen LogP contribution in [0, 0.1) is 0 Å². The third-order valence-corrected chi connectivity index (χ3v) is 4.02. The lowest BCUT2D eigenvalue weighted by molar-refractivity contribution is -0.123. The molecule has 1 aromatic carbocycles. The number of ether oxygens (including phenoxy) is 1. The Balaban J connectivity index is 2.89. The largest absolute Gasteiger partial charge is 0.465 e. The van der Waals surface area contributed by atoms with Gasteiger partial charge >= 0.3 is 5.97 Å². The molecular weight excluding hydrogens is 308 g/mol. The van der Waals surface area contributed by atoms with Gasteiger partial charge in [-0.3, -0.25) is 4.79 Å². The molecule has 134 valence electrons. The molecule has 0 bridgehead atoms. The minimum absolute atomic E-state index is 0.0327. The molecule has 0 aliphatic heterocycles. The Kier molecular flexibility index (Phi) is 8.43. The Morgan fingerprint density at radius 3 is 2.17 bits per heavy atom. The highest BCUT2D eigenvalue weighted by molar-refractivity contribution is 5.90. The Morgan fingerprint density at radius 1 is 1.12 bits per heavy atom. The minimum Gasteiger partial charge on any atom is -0.465 e. The third-order valence-electron chi connectivity index (χ3n) is 4.02. The summed E-state index contributed by atoms with van der Waals surface area (Å²) in [5.74, 6) is -0.382. The van der Waals surface area contributed by atoms with Crippen molar-refractivity contribution in [3.8, 4) is 0 Å². The van der Waals surface area contributed by atoms with Crippen LogP contribution in [0.15, 0.2) is 12.1 Å². The van der Waals surface area contributed by atoms with Gasteiger partial charge in [-0.2, -0.15) is 5.06 Å². The van der Waals surface area contributed by atoms with E-state index in [1.54, 1.807) is 12.2 Å². The van der Waals surface area contributed by atoms with E-state index < -0.39 is 0 Å². The SMILES string of the molecule is CCc1cc(C(=O)OC)cc(CC)c1CC(=O)NCCN(C)OC. The molecule has 1 rings (SSSR count). The van der Waals surface area contributed by atoms with Crippen molar-refractivity contribution in [2.24, 2.45) is 0 Å². The molecule has 0 unspecified atom stereocenters. The maximum Gasteiger partial charge on any atom is 0.337 e. The summed E-state index contributed by atoms with van der Waals surface area (Å²) in [6.45, 7) is 5.17. The van der Waals surface area contributed by atoms with Crippen LogP contribution in [0.1, 0.15) is 40.9 Å². The minimum atomic E-state index is -0.349. The van der Waals surface area contributed by atoms with Gasteiger partial charge in [0.2, 0.25) is 5.91 Å². The summed E-state index contributed by atoms with van der Waals surface area (Å²) >= 11 is 0. The molecule has 0 aliphatic carbocycles. The molecule has 6 heteroatoms. The van der Waals surface area contributed by atoms with E-state index >= 15 is 0 Å². The molecule has 0 fully saturated rings. The molecule has 24 heavy (non-hydrogen) atoms. The number of amides is 1. The predicted octanol–water partition coefficient (Wildman–Crippen LogP) is 1.75. The van der Waals surface area contributed by atoms with Crippen LogP contribution in [-0.2, 0) is 33.6 Å². The van der Waals surface area contributed by atoms with Gasteiger partial charge < -0.3 is 14.9 Å². The van der Waals surface area contributed by atoms with Crippen molar-refractivity contribution in [3.63, 3.8) is 0 Å². The monoisotopic (exact) mass is 336 g/mol. The molecule has 6 nitrogen and oxygen atoms in total. The number of hydrogen-bond donors (Lipinski definition) is 1. The fourth-order valence-corrected chi connectivity index (χ4v) is 2.56. The van der Waals surface area contributed by atoms with Gasteiger partial charge in [-0.1, -0.05) is 13.8 Å². The second-order valence-corrected chi connectivity index (χ2v) is 5.53. The average molecular weight is 336 g/mol. The van der Waals surface area contributed by atoms with Crippen LogP contribution in [0.25, 0.3) is 0 Å². The molecule has 0 aromatic heterocycles. The summed E-state index contributed by atoms with van der Waals surface area (Å²) in [5.41, 5.74) is 3.57. The van der Waals surface area contributed by atoms with Gasteiger partial charge in [-0.05, 0) is 41.7 Å². The first-order valence-electron chi connectivity index (χ1n) is 8.21. The van der Waals surface area contributed by atoms with Crippen molar-refractivity contribution < 1.29 is 19.2 Å². The molecule has 1 aromatic rings. The molecule has 1 amide bonds. The molecule has 0 aliphatic rings. The third kappa shape index (κ3) is 5.62. The van der Waals surface area contributed by atoms with E-state index in [1.165, 1.54) is 7.11 Å². The smallest absolute Gasteiger partial charge is 0.337 e. The number of likely N-dealkylation sites (N-methyl/N-ethyl adjacent to an activating group) is 1. The van der Waals surface area contributed by atoms with E-state index in [1.807, 2.05) is 33.0 Å².